The van der Waals surface area contributed by atoms with E-state index in [1.54, 1.807) is 28.8 Å². The molecule has 0 saturated heterocycles. The molecule has 130 valence electrons. The van der Waals surface area contributed by atoms with Crippen LogP contribution in [0.4, 0.5) is 13.2 Å². The Hall–Kier alpha value is -3.08. The summed E-state index contributed by atoms with van der Waals surface area (Å²) in [4.78, 5) is 13.0. The minimum absolute atomic E-state index is 0.285. The molecule has 4 aromatic rings. The first-order chi connectivity index (χ1) is 12.4. The van der Waals surface area contributed by atoms with Gasteiger partial charge in [-0.2, -0.15) is 13.2 Å². The highest BCUT2D eigenvalue weighted by Crippen LogP contribution is 2.33. The lowest BCUT2D eigenvalue weighted by Gasteiger charge is -2.15. The minimum atomic E-state index is -4.45. The van der Waals surface area contributed by atoms with Gasteiger partial charge in [0.2, 0.25) is 0 Å². The summed E-state index contributed by atoms with van der Waals surface area (Å²) in [5, 5.41) is 1.24. The number of hydrogen-bond donors (Lipinski definition) is 0. The normalized spacial score (nSPS) is 12.0. The standard InChI is InChI=1S/C21H14F3NO/c22-21(23,24)15-10-11-17-18(12-15)16-8-4-5-9-19(16)25(20(17)26)13-14-6-2-1-3-7-14/h1-12H,13H2. The second-order valence-electron chi connectivity index (χ2n) is 6.15. The number of hydrogen-bond acceptors (Lipinski definition) is 1. The predicted octanol–water partition coefficient (Wildman–Crippen LogP) is 5.22. The molecule has 0 radical (unpaired) electrons. The van der Waals surface area contributed by atoms with E-state index in [4.69, 9.17) is 0 Å². The molecule has 0 fully saturated rings. The molecule has 0 saturated carbocycles. The van der Waals surface area contributed by atoms with E-state index in [0.717, 1.165) is 17.7 Å². The molecule has 3 aromatic carbocycles. The minimum Gasteiger partial charge on any atom is -0.303 e. The van der Waals surface area contributed by atoms with Gasteiger partial charge in [0.05, 0.1) is 17.6 Å². The van der Waals surface area contributed by atoms with Crippen molar-refractivity contribution >= 4 is 21.7 Å². The zero-order valence-electron chi connectivity index (χ0n) is 13.6. The van der Waals surface area contributed by atoms with Gasteiger partial charge >= 0.3 is 6.18 Å². The van der Waals surface area contributed by atoms with Gasteiger partial charge in [0.1, 0.15) is 0 Å². The third kappa shape index (κ3) is 2.75. The summed E-state index contributed by atoms with van der Waals surface area (Å²) < 4.78 is 40.9. The predicted molar refractivity (Wildman–Crippen MR) is 96.3 cm³/mol. The fourth-order valence-corrected chi connectivity index (χ4v) is 3.24. The van der Waals surface area contributed by atoms with Gasteiger partial charge in [-0.1, -0.05) is 48.5 Å². The Morgan fingerprint density at radius 2 is 1.46 bits per heavy atom. The molecule has 0 atom stereocenters. The van der Waals surface area contributed by atoms with E-state index in [1.807, 2.05) is 30.3 Å². The molecule has 0 bridgehead atoms. The summed E-state index contributed by atoms with van der Waals surface area (Å²) in [5.74, 6) is 0. The average molecular weight is 353 g/mol. The third-order valence-electron chi connectivity index (χ3n) is 4.49. The largest absolute Gasteiger partial charge is 0.416 e. The number of pyridine rings is 1. The van der Waals surface area contributed by atoms with Gasteiger partial charge in [-0.25, -0.2) is 0 Å². The molecule has 4 rings (SSSR count). The second-order valence-corrected chi connectivity index (χ2v) is 6.15. The maximum atomic E-state index is 13.1. The molecular weight excluding hydrogens is 339 g/mol. The topological polar surface area (TPSA) is 22.0 Å². The van der Waals surface area contributed by atoms with Crippen LogP contribution in [0.5, 0.6) is 0 Å². The van der Waals surface area contributed by atoms with Crippen molar-refractivity contribution in [2.45, 2.75) is 12.7 Å². The molecule has 26 heavy (non-hydrogen) atoms. The molecule has 2 nitrogen and oxygen atoms in total. The van der Waals surface area contributed by atoms with Gasteiger partial charge in [0.15, 0.2) is 0 Å². The molecule has 5 heteroatoms. The molecular formula is C21H14F3NO. The zero-order valence-corrected chi connectivity index (χ0v) is 13.6. The van der Waals surface area contributed by atoms with Gasteiger partial charge in [-0.15, -0.1) is 0 Å². The molecule has 0 spiro atoms. The number of rotatable bonds is 2. The fraction of sp³-hybridized carbons (Fsp3) is 0.0952. The van der Waals surface area contributed by atoms with Crippen LogP contribution < -0.4 is 5.56 Å². The smallest absolute Gasteiger partial charge is 0.303 e. The Bertz CT molecular complexity index is 1160. The van der Waals surface area contributed by atoms with E-state index in [0.29, 0.717) is 22.8 Å². The molecule has 0 unspecified atom stereocenters. The van der Waals surface area contributed by atoms with E-state index < -0.39 is 11.7 Å². The van der Waals surface area contributed by atoms with Crippen LogP contribution in [-0.4, -0.2) is 4.57 Å². The first-order valence-corrected chi connectivity index (χ1v) is 8.11. The van der Waals surface area contributed by atoms with Crippen molar-refractivity contribution in [1.29, 1.82) is 0 Å². The Balaban J connectivity index is 2.04. The van der Waals surface area contributed by atoms with Crippen LogP contribution in [0.1, 0.15) is 11.1 Å². The van der Waals surface area contributed by atoms with E-state index >= 15 is 0 Å². The number of fused-ring (bicyclic) bond motifs is 3. The van der Waals surface area contributed by atoms with Crippen molar-refractivity contribution in [3.05, 3.63) is 94.3 Å². The first kappa shape index (κ1) is 16.4. The van der Waals surface area contributed by atoms with Gasteiger partial charge < -0.3 is 4.57 Å². The van der Waals surface area contributed by atoms with Crippen LogP contribution >= 0.6 is 0 Å². The summed E-state index contributed by atoms with van der Waals surface area (Å²) in [6, 6.07) is 19.9. The Kier molecular flexibility index (Phi) is 3.80. The molecule has 1 aromatic heterocycles. The molecule has 0 amide bonds. The lowest BCUT2D eigenvalue weighted by atomic mass is 10.0. The number of aromatic nitrogens is 1. The van der Waals surface area contributed by atoms with Gasteiger partial charge in [0.25, 0.3) is 5.56 Å². The molecule has 0 N–H and O–H groups in total. The monoisotopic (exact) mass is 353 g/mol. The van der Waals surface area contributed by atoms with Gasteiger partial charge in [-0.3, -0.25) is 4.79 Å². The summed E-state index contributed by atoms with van der Waals surface area (Å²) >= 11 is 0. The van der Waals surface area contributed by atoms with Crippen molar-refractivity contribution < 1.29 is 13.2 Å². The number of halogens is 3. The molecule has 0 aliphatic carbocycles. The highest BCUT2D eigenvalue weighted by atomic mass is 19.4. The number of alkyl halides is 3. The summed E-state index contributed by atoms with van der Waals surface area (Å²) in [5.41, 5.74) is 0.519. The third-order valence-corrected chi connectivity index (χ3v) is 4.49. The Morgan fingerprint density at radius 3 is 2.19 bits per heavy atom. The van der Waals surface area contributed by atoms with Gasteiger partial charge in [-0.05, 0) is 35.2 Å². The van der Waals surface area contributed by atoms with Crippen LogP contribution in [0.2, 0.25) is 0 Å². The summed E-state index contributed by atoms with van der Waals surface area (Å²) in [6.07, 6.45) is -4.45. The van der Waals surface area contributed by atoms with Crippen molar-refractivity contribution in [1.82, 2.24) is 4.57 Å². The van der Waals surface area contributed by atoms with Crippen LogP contribution in [0, 0.1) is 0 Å². The van der Waals surface area contributed by atoms with E-state index in [9.17, 15) is 18.0 Å². The van der Waals surface area contributed by atoms with Crippen molar-refractivity contribution in [2.75, 3.05) is 0 Å². The van der Waals surface area contributed by atoms with E-state index in [-0.39, 0.29) is 10.9 Å². The quantitative estimate of drug-likeness (QED) is 0.453. The van der Waals surface area contributed by atoms with E-state index in [2.05, 4.69) is 0 Å². The molecule has 0 aliphatic rings. The highest BCUT2D eigenvalue weighted by molar-refractivity contribution is 6.05. The van der Waals surface area contributed by atoms with Gasteiger partial charge in [0, 0.05) is 10.8 Å². The first-order valence-electron chi connectivity index (χ1n) is 8.11. The lowest BCUT2D eigenvalue weighted by molar-refractivity contribution is -0.137. The fourth-order valence-electron chi connectivity index (χ4n) is 3.24. The van der Waals surface area contributed by atoms with Crippen LogP contribution in [0.3, 0.4) is 0 Å². The van der Waals surface area contributed by atoms with Crippen molar-refractivity contribution in [3.63, 3.8) is 0 Å². The molecule has 1 heterocycles. The summed E-state index contributed by atoms with van der Waals surface area (Å²) in [7, 11) is 0. The van der Waals surface area contributed by atoms with E-state index in [1.165, 1.54) is 6.07 Å². The average Bonchev–Trinajstić information content (AvgIpc) is 2.65. The maximum Gasteiger partial charge on any atom is 0.416 e. The molecule has 0 aliphatic heterocycles. The number of para-hydroxylation sites is 1. The number of nitrogens with zero attached hydrogens (tertiary/aromatic N) is 1. The van der Waals surface area contributed by atoms with Crippen LogP contribution in [0.25, 0.3) is 21.7 Å². The summed E-state index contributed by atoms with van der Waals surface area (Å²) in [6.45, 7) is 0.358. The second kappa shape index (κ2) is 6.02. The van der Waals surface area contributed by atoms with Crippen LogP contribution in [0.15, 0.2) is 77.6 Å². The lowest BCUT2D eigenvalue weighted by Crippen LogP contribution is -2.21. The zero-order chi connectivity index (χ0) is 18.3. The Labute approximate surface area is 147 Å². The van der Waals surface area contributed by atoms with Crippen molar-refractivity contribution in [3.8, 4) is 0 Å². The Morgan fingerprint density at radius 1 is 0.769 bits per heavy atom. The SMILES string of the molecule is O=c1c2ccc(C(F)(F)F)cc2c2ccccc2n1Cc1ccccc1. The van der Waals surface area contributed by atoms with Crippen molar-refractivity contribution in [2.24, 2.45) is 0 Å². The number of benzene rings is 3. The maximum absolute atomic E-state index is 13.1. The van der Waals surface area contributed by atoms with Crippen LogP contribution in [-0.2, 0) is 12.7 Å². The highest BCUT2D eigenvalue weighted by Gasteiger charge is 2.30.